The number of aromatic nitrogens is 3. The Morgan fingerprint density at radius 2 is 1.53 bits per heavy atom. The fourth-order valence-corrected chi connectivity index (χ4v) is 2.30. The van der Waals surface area contributed by atoms with E-state index in [1.165, 1.54) is 12.1 Å². The molecule has 0 saturated carbocycles. The molecule has 9 heteroatoms. The van der Waals surface area contributed by atoms with E-state index in [1.807, 2.05) is 6.92 Å². The highest BCUT2D eigenvalue weighted by molar-refractivity contribution is 7.92. The first-order valence-electron chi connectivity index (χ1n) is 5.23. The maximum atomic E-state index is 12.0. The van der Waals surface area contributed by atoms with Crippen LogP contribution >= 0.6 is 0 Å². The minimum Gasteiger partial charge on any atom is -0.368 e. The second-order valence-corrected chi connectivity index (χ2v) is 5.48. The van der Waals surface area contributed by atoms with E-state index in [-0.39, 0.29) is 22.7 Å². The first-order chi connectivity index (χ1) is 8.87. The van der Waals surface area contributed by atoms with Gasteiger partial charge in [-0.1, -0.05) is 17.7 Å². The van der Waals surface area contributed by atoms with Crippen LogP contribution in [0.4, 0.5) is 17.8 Å². The minimum atomic E-state index is -3.78. The van der Waals surface area contributed by atoms with Gasteiger partial charge in [0.25, 0.3) is 10.0 Å². The summed E-state index contributed by atoms with van der Waals surface area (Å²) in [6.45, 7) is 1.86. The van der Waals surface area contributed by atoms with Crippen LogP contribution in [0.15, 0.2) is 29.2 Å². The highest BCUT2D eigenvalue weighted by Gasteiger charge is 2.16. The van der Waals surface area contributed by atoms with Crippen molar-refractivity contribution in [3.05, 3.63) is 29.8 Å². The molecule has 1 aromatic carbocycles. The van der Waals surface area contributed by atoms with Gasteiger partial charge in [-0.3, -0.25) is 0 Å². The molecular formula is C10H12N6O2S. The van der Waals surface area contributed by atoms with E-state index < -0.39 is 10.0 Å². The van der Waals surface area contributed by atoms with Crippen LogP contribution in [0.1, 0.15) is 5.56 Å². The second kappa shape index (κ2) is 4.69. The molecule has 1 heterocycles. The zero-order chi connectivity index (χ0) is 14.0. The average Bonchev–Trinajstić information content (AvgIpc) is 2.27. The number of anilines is 3. The average molecular weight is 280 g/mol. The quantitative estimate of drug-likeness (QED) is 0.727. The third-order valence-electron chi connectivity index (χ3n) is 2.23. The molecule has 0 aliphatic rings. The van der Waals surface area contributed by atoms with Gasteiger partial charge < -0.3 is 11.5 Å². The summed E-state index contributed by atoms with van der Waals surface area (Å²) in [4.78, 5) is 10.9. The Labute approximate surface area is 110 Å². The molecule has 2 aromatic rings. The maximum absolute atomic E-state index is 12.0. The van der Waals surface area contributed by atoms with E-state index >= 15 is 0 Å². The lowest BCUT2D eigenvalue weighted by Crippen LogP contribution is -2.16. The van der Waals surface area contributed by atoms with Crippen LogP contribution in [0.25, 0.3) is 0 Å². The third kappa shape index (κ3) is 3.07. The molecule has 100 valence electrons. The first kappa shape index (κ1) is 13.0. The van der Waals surface area contributed by atoms with Gasteiger partial charge in [0.2, 0.25) is 17.8 Å². The van der Waals surface area contributed by atoms with Crippen molar-refractivity contribution in [2.24, 2.45) is 0 Å². The van der Waals surface area contributed by atoms with Crippen molar-refractivity contribution < 1.29 is 8.42 Å². The van der Waals surface area contributed by atoms with E-state index in [1.54, 1.807) is 12.1 Å². The number of benzene rings is 1. The molecule has 8 nitrogen and oxygen atoms in total. The minimum absolute atomic E-state index is 0.0932. The van der Waals surface area contributed by atoms with E-state index in [0.717, 1.165) is 5.56 Å². The summed E-state index contributed by atoms with van der Waals surface area (Å²) in [6, 6.07) is 6.33. The van der Waals surface area contributed by atoms with Gasteiger partial charge in [-0.2, -0.15) is 15.0 Å². The molecule has 0 spiro atoms. The molecule has 0 fully saturated rings. The van der Waals surface area contributed by atoms with Crippen molar-refractivity contribution in [3.8, 4) is 0 Å². The van der Waals surface area contributed by atoms with E-state index in [2.05, 4.69) is 19.7 Å². The Bertz CT molecular complexity index is 678. The van der Waals surface area contributed by atoms with Crippen molar-refractivity contribution in [1.29, 1.82) is 0 Å². The molecule has 0 unspecified atom stereocenters. The van der Waals surface area contributed by atoms with Gasteiger partial charge >= 0.3 is 0 Å². The van der Waals surface area contributed by atoms with E-state index in [0.29, 0.717) is 0 Å². The van der Waals surface area contributed by atoms with Crippen LogP contribution in [0.5, 0.6) is 0 Å². The number of hydrogen-bond acceptors (Lipinski definition) is 7. The Morgan fingerprint density at radius 1 is 1.00 bits per heavy atom. The number of nitrogens with two attached hydrogens (primary N) is 2. The molecule has 2 rings (SSSR count). The zero-order valence-electron chi connectivity index (χ0n) is 10.0. The Hall–Kier alpha value is -2.42. The van der Waals surface area contributed by atoms with Crippen molar-refractivity contribution in [2.45, 2.75) is 11.8 Å². The molecule has 0 atom stereocenters. The van der Waals surface area contributed by atoms with Gasteiger partial charge in [0.15, 0.2) is 0 Å². The summed E-state index contributed by atoms with van der Waals surface area (Å²) in [5.41, 5.74) is 11.7. The summed E-state index contributed by atoms with van der Waals surface area (Å²) in [5, 5.41) is 0. The van der Waals surface area contributed by atoms with Crippen molar-refractivity contribution in [3.63, 3.8) is 0 Å². The highest BCUT2D eigenvalue weighted by Crippen LogP contribution is 2.14. The number of sulfonamides is 1. The smallest absolute Gasteiger partial charge is 0.264 e. The molecular weight excluding hydrogens is 268 g/mol. The molecule has 0 saturated heterocycles. The van der Waals surface area contributed by atoms with Gasteiger partial charge in [0, 0.05) is 0 Å². The first-order valence-corrected chi connectivity index (χ1v) is 6.72. The Balaban J connectivity index is 2.33. The normalized spacial score (nSPS) is 11.2. The van der Waals surface area contributed by atoms with Crippen molar-refractivity contribution in [2.75, 3.05) is 16.2 Å². The SMILES string of the molecule is Cc1ccc(S(=O)(=O)Nc2nc(N)nc(N)n2)cc1. The summed E-state index contributed by atoms with van der Waals surface area (Å²) in [5.74, 6) is -0.534. The van der Waals surface area contributed by atoms with Crippen LogP contribution < -0.4 is 16.2 Å². The lowest BCUT2D eigenvalue weighted by atomic mass is 10.2. The highest BCUT2D eigenvalue weighted by atomic mass is 32.2. The Kier molecular flexibility index (Phi) is 3.21. The number of hydrogen-bond donors (Lipinski definition) is 3. The third-order valence-corrected chi connectivity index (χ3v) is 3.57. The van der Waals surface area contributed by atoms with Gasteiger partial charge in [0.05, 0.1) is 4.90 Å². The summed E-state index contributed by atoms with van der Waals surface area (Å²) < 4.78 is 26.3. The van der Waals surface area contributed by atoms with Crippen LogP contribution in [0.3, 0.4) is 0 Å². The number of nitrogens with zero attached hydrogens (tertiary/aromatic N) is 3. The molecule has 0 bridgehead atoms. The number of nitrogen functional groups attached to an aromatic ring is 2. The fourth-order valence-electron chi connectivity index (χ4n) is 1.35. The molecule has 0 aliphatic heterocycles. The number of nitrogens with one attached hydrogen (secondary N) is 1. The topological polar surface area (TPSA) is 137 Å². The molecule has 0 radical (unpaired) electrons. The number of rotatable bonds is 3. The molecule has 19 heavy (non-hydrogen) atoms. The summed E-state index contributed by atoms with van der Waals surface area (Å²) in [6.07, 6.45) is 0. The second-order valence-electron chi connectivity index (χ2n) is 3.79. The monoisotopic (exact) mass is 280 g/mol. The summed E-state index contributed by atoms with van der Waals surface area (Å²) in [7, 11) is -3.78. The predicted molar refractivity (Wildman–Crippen MR) is 70.6 cm³/mol. The van der Waals surface area contributed by atoms with Crippen molar-refractivity contribution >= 4 is 27.9 Å². The van der Waals surface area contributed by atoms with Crippen LogP contribution in [-0.2, 0) is 10.0 Å². The van der Waals surface area contributed by atoms with Crippen molar-refractivity contribution in [1.82, 2.24) is 15.0 Å². The maximum Gasteiger partial charge on any atom is 0.264 e. The zero-order valence-corrected chi connectivity index (χ0v) is 10.8. The van der Waals surface area contributed by atoms with E-state index in [9.17, 15) is 8.42 Å². The molecule has 0 amide bonds. The van der Waals surface area contributed by atoms with Crippen LogP contribution in [-0.4, -0.2) is 23.4 Å². The summed E-state index contributed by atoms with van der Waals surface area (Å²) >= 11 is 0. The fraction of sp³-hybridized carbons (Fsp3) is 0.100. The Morgan fingerprint density at radius 3 is 2.05 bits per heavy atom. The standard InChI is InChI=1S/C10H12N6O2S/c1-6-2-4-7(5-3-6)19(17,18)16-10-14-8(11)13-9(12)15-10/h2-5H,1H3,(H5,11,12,13,14,15,16). The lowest BCUT2D eigenvalue weighted by molar-refractivity contribution is 0.601. The molecule has 5 N–H and O–H groups in total. The predicted octanol–water partition coefficient (Wildman–Crippen LogP) is 0.145. The molecule has 1 aromatic heterocycles. The van der Waals surface area contributed by atoms with Gasteiger partial charge in [-0.05, 0) is 19.1 Å². The van der Waals surface area contributed by atoms with Gasteiger partial charge in [-0.15, -0.1) is 0 Å². The largest absolute Gasteiger partial charge is 0.368 e. The van der Waals surface area contributed by atoms with E-state index in [4.69, 9.17) is 11.5 Å². The lowest BCUT2D eigenvalue weighted by Gasteiger charge is -2.07. The molecule has 0 aliphatic carbocycles. The van der Waals surface area contributed by atoms with Gasteiger partial charge in [0.1, 0.15) is 0 Å². The van der Waals surface area contributed by atoms with Gasteiger partial charge in [-0.25, -0.2) is 13.1 Å². The van der Waals surface area contributed by atoms with Crippen LogP contribution in [0.2, 0.25) is 0 Å². The van der Waals surface area contributed by atoms with Crippen LogP contribution in [0, 0.1) is 6.92 Å². The number of aryl methyl sites for hydroxylation is 1.